The summed E-state index contributed by atoms with van der Waals surface area (Å²) in [7, 11) is 2.12. The highest BCUT2D eigenvalue weighted by molar-refractivity contribution is 6.35. The van der Waals surface area contributed by atoms with Gasteiger partial charge in [0.1, 0.15) is 11.6 Å². The highest BCUT2D eigenvalue weighted by atomic mass is 35.5. The molecule has 0 atom stereocenters. The van der Waals surface area contributed by atoms with Gasteiger partial charge in [-0.3, -0.25) is 9.98 Å². The maximum atomic E-state index is 14.5. The van der Waals surface area contributed by atoms with Crippen molar-refractivity contribution in [3.05, 3.63) is 70.5 Å². The Morgan fingerprint density at radius 1 is 1.09 bits per heavy atom. The zero-order valence-electron chi connectivity index (χ0n) is 19.2. The average molecular weight is 482 g/mol. The Morgan fingerprint density at radius 2 is 1.88 bits per heavy atom. The first-order valence-corrected chi connectivity index (χ1v) is 11.9. The predicted molar refractivity (Wildman–Crippen MR) is 134 cm³/mol. The van der Waals surface area contributed by atoms with Crippen LogP contribution in [0.3, 0.4) is 0 Å². The molecule has 0 saturated carbocycles. The average Bonchev–Trinajstić information content (AvgIpc) is 3.35. The van der Waals surface area contributed by atoms with Gasteiger partial charge < -0.3 is 9.80 Å². The number of benzene rings is 1. The van der Waals surface area contributed by atoms with Gasteiger partial charge in [-0.25, -0.2) is 13.8 Å². The third-order valence-corrected chi connectivity index (χ3v) is 7.11. The van der Waals surface area contributed by atoms with Crippen molar-refractivity contribution in [2.75, 3.05) is 38.1 Å². The number of nitrogens with zero attached hydrogens (tertiary/aromatic N) is 5. The van der Waals surface area contributed by atoms with E-state index in [0.717, 1.165) is 55.3 Å². The largest absolute Gasteiger partial charge is 0.370 e. The second kappa shape index (κ2) is 9.39. The number of pyridine rings is 2. The molecule has 0 N–H and O–H groups in total. The lowest BCUT2D eigenvalue weighted by Crippen LogP contribution is -2.43. The molecule has 1 saturated heterocycles. The summed E-state index contributed by atoms with van der Waals surface area (Å²) < 4.78 is 28.2. The molecule has 1 fully saturated rings. The van der Waals surface area contributed by atoms with Crippen molar-refractivity contribution >= 4 is 39.6 Å². The van der Waals surface area contributed by atoms with Gasteiger partial charge in [0.05, 0.1) is 45.9 Å². The molecule has 0 amide bonds. The second-order valence-corrected chi connectivity index (χ2v) is 9.17. The Balaban J connectivity index is 1.44. The topological polar surface area (TPSA) is 44.6 Å². The number of likely N-dealkylation sites (tertiary alicyclic amines) is 1. The zero-order valence-corrected chi connectivity index (χ0v) is 20.0. The number of fused-ring (bicyclic) bond motifs is 1. The van der Waals surface area contributed by atoms with Crippen LogP contribution in [0.1, 0.15) is 31.0 Å². The maximum Gasteiger partial charge on any atom is 0.144 e. The summed E-state index contributed by atoms with van der Waals surface area (Å²) in [6, 6.07) is 8.36. The lowest BCUT2D eigenvalue weighted by molar-refractivity contribution is 0.221. The van der Waals surface area contributed by atoms with Gasteiger partial charge in [0.2, 0.25) is 0 Å². The molecule has 0 spiro atoms. The van der Waals surface area contributed by atoms with Crippen LogP contribution in [0.4, 0.5) is 14.5 Å². The molecule has 5 nitrogen and oxygen atoms in total. The van der Waals surface area contributed by atoms with Crippen LogP contribution in [0.25, 0.3) is 16.6 Å². The molecule has 0 bridgehead atoms. The van der Waals surface area contributed by atoms with Gasteiger partial charge in [0, 0.05) is 43.4 Å². The molecule has 5 rings (SSSR count). The molecule has 3 aromatic rings. The number of halogens is 3. The van der Waals surface area contributed by atoms with E-state index in [1.165, 1.54) is 6.07 Å². The number of hydrogen-bond acceptors (Lipinski definition) is 5. The highest BCUT2D eigenvalue weighted by Gasteiger charge is 2.24. The van der Waals surface area contributed by atoms with Crippen LogP contribution in [0, 0.1) is 11.6 Å². The summed E-state index contributed by atoms with van der Waals surface area (Å²) in [6.07, 6.45) is 6.03. The fourth-order valence-corrected chi connectivity index (χ4v) is 4.91. The van der Waals surface area contributed by atoms with Crippen LogP contribution in [-0.2, 0) is 0 Å². The Bertz CT molecular complexity index is 1300. The summed E-state index contributed by atoms with van der Waals surface area (Å²) in [5.74, 6) is -1.49. The Kier molecular flexibility index (Phi) is 6.32. The molecule has 2 aliphatic rings. The quantitative estimate of drug-likeness (QED) is 0.460. The molecule has 176 valence electrons. The van der Waals surface area contributed by atoms with E-state index in [2.05, 4.69) is 39.8 Å². The zero-order chi connectivity index (χ0) is 23.8. The SMILES string of the molecule is CCN1CCC(N(C)c2cnc3ccc(C4=CCN=C4c4cc(Cl)c(F)cc4F)nc3c2)CC1. The number of allylic oxidation sites excluding steroid dienone is 1. The third kappa shape index (κ3) is 4.30. The molecule has 2 aliphatic heterocycles. The highest BCUT2D eigenvalue weighted by Crippen LogP contribution is 2.30. The summed E-state index contributed by atoms with van der Waals surface area (Å²) in [5.41, 5.74) is 4.54. The minimum atomic E-state index is -0.793. The van der Waals surface area contributed by atoms with E-state index in [1.807, 2.05) is 24.4 Å². The van der Waals surface area contributed by atoms with Crippen molar-refractivity contribution in [3.8, 4) is 0 Å². The van der Waals surface area contributed by atoms with Crippen molar-refractivity contribution in [2.24, 2.45) is 4.99 Å². The monoisotopic (exact) mass is 481 g/mol. The normalized spacial score (nSPS) is 17.2. The molecule has 2 aromatic heterocycles. The Hall–Kier alpha value is -2.90. The second-order valence-electron chi connectivity index (χ2n) is 8.76. The fraction of sp³-hybridized carbons (Fsp3) is 0.346. The summed E-state index contributed by atoms with van der Waals surface area (Å²) >= 11 is 5.92. The van der Waals surface area contributed by atoms with E-state index in [-0.39, 0.29) is 10.6 Å². The molecule has 34 heavy (non-hydrogen) atoms. The minimum Gasteiger partial charge on any atom is -0.370 e. The van der Waals surface area contributed by atoms with E-state index in [4.69, 9.17) is 16.6 Å². The van der Waals surface area contributed by atoms with Gasteiger partial charge in [-0.1, -0.05) is 24.6 Å². The number of piperidine rings is 1. The summed E-state index contributed by atoms with van der Waals surface area (Å²) in [4.78, 5) is 18.7. The van der Waals surface area contributed by atoms with Crippen LogP contribution in [0.15, 0.2) is 47.6 Å². The molecule has 4 heterocycles. The van der Waals surface area contributed by atoms with Crippen LogP contribution in [0.5, 0.6) is 0 Å². The molecule has 8 heteroatoms. The number of hydrogen-bond donors (Lipinski definition) is 0. The number of rotatable bonds is 5. The number of aromatic nitrogens is 2. The fourth-order valence-electron chi connectivity index (χ4n) is 4.74. The molecule has 1 aromatic carbocycles. The molecular weight excluding hydrogens is 456 g/mol. The Labute approximate surface area is 202 Å². The van der Waals surface area contributed by atoms with Crippen molar-refractivity contribution in [1.82, 2.24) is 14.9 Å². The lowest BCUT2D eigenvalue weighted by atomic mass is 9.99. The van der Waals surface area contributed by atoms with Crippen molar-refractivity contribution in [3.63, 3.8) is 0 Å². The standard InChI is InChI=1S/C26H26ClF2N5/c1-3-34-10-7-16(8-11-34)33(2)17-12-25-24(31-15-17)5-4-23(32-25)18-6-9-30-26(18)19-13-20(27)22(29)14-21(19)28/h4-6,12-16H,3,7-11H2,1-2H3. The van der Waals surface area contributed by atoms with E-state index < -0.39 is 11.6 Å². The lowest BCUT2D eigenvalue weighted by Gasteiger charge is -2.37. The first kappa shape index (κ1) is 22.9. The van der Waals surface area contributed by atoms with Gasteiger partial charge >= 0.3 is 0 Å². The van der Waals surface area contributed by atoms with Crippen molar-refractivity contribution < 1.29 is 8.78 Å². The molecular formula is C26H26ClF2N5. The van der Waals surface area contributed by atoms with Crippen molar-refractivity contribution in [2.45, 2.75) is 25.8 Å². The van der Waals surface area contributed by atoms with E-state index in [0.29, 0.717) is 29.6 Å². The first-order valence-electron chi connectivity index (χ1n) is 11.6. The summed E-state index contributed by atoms with van der Waals surface area (Å²) in [6.45, 7) is 5.91. The smallest absolute Gasteiger partial charge is 0.144 e. The minimum absolute atomic E-state index is 0.140. The Morgan fingerprint density at radius 3 is 2.65 bits per heavy atom. The van der Waals surface area contributed by atoms with Gasteiger partial charge in [-0.05, 0) is 43.7 Å². The first-order chi connectivity index (χ1) is 16.4. The van der Waals surface area contributed by atoms with Crippen LogP contribution in [-0.4, -0.2) is 59.8 Å². The van der Waals surface area contributed by atoms with E-state index in [9.17, 15) is 8.78 Å². The van der Waals surface area contributed by atoms with Crippen LogP contribution >= 0.6 is 11.6 Å². The van der Waals surface area contributed by atoms with E-state index >= 15 is 0 Å². The van der Waals surface area contributed by atoms with E-state index in [1.54, 1.807) is 0 Å². The maximum absolute atomic E-state index is 14.5. The number of aliphatic imine (C=N–C) groups is 1. The predicted octanol–water partition coefficient (Wildman–Crippen LogP) is 5.37. The van der Waals surface area contributed by atoms with Crippen LogP contribution in [0.2, 0.25) is 5.02 Å². The van der Waals surface area contributed by atoms with Gasteiger partial charge in [0.25, 0.3) is 0 Å². The van der Waals surface area contributed by atoms with Crippen molar-refractivity contribution in [1.29, 1.82) is 0 Å². The third-order valence-electron chi connectivity index (χ3n) is 6.82. The van der Waals surface area contributed by atoms with Gasteiger partial charge in [0.15, 0.2) is 0 Å². The van der Waals surface area contributed by atoms with Gasteiger partial charge in [-0.15, -0.1) is 0 Å². The molecule has 0 unspecified atom stereocenters. The van der Waals surface area contributed by atoms with Gasteiger partial charge in [-0.2, -0.15) is 0 Å². The van der Waals surface area contributed by atoms with Crippen LogP contribution < -0.4 is 4.90 Å². The summed E-state index contributed by atoms with van der Waals surface area (Å²) in [5, 5.41) is -0.140. The molecule has 0 aliphatic carbocycles. The number of anilines is 1. The molecule has 0 radical (unpaired) electrons.